The largest absolute Gasteiger partial charge is 0.337 e. The molecule has 0 spiro atoms. The zero-order valence-electron chi connectivity index (χ0n) is 10.5. The molecule has 1 aromatic rings. The van der Waals surface area contributed by atoms with E-state index in [2.05, 4.69) is 40.8 Å². The number of nitrogens with one attached hydrogen (secondary N) is 1. The maximum absolute atomic E-state index is 4.43. The smallest absolute Gasteiger partial charge is 0.125 e. The van der Waals surface area contributed by atoms with Gasteiger partial charge in [-0.1, -0.05) is 6.92 Å². The van der Waals surface area contributed by atoms with E-state index in [1.807, 2.05) is 12.4 Å². The summed E-state index contributed by atoms with van der Waals surface area (Å²) < 4.78 is 2.11. The second-order valence-electron chi connectivity index (χ2n) is 4.77. The molecule has 4 nitrogen and oxygen atoms in total. The number of imidazole rings is 1. The molecule has 1 aromatic heterocycles. The zero-order chi connectivity index (χ0) is 11.5. The average Bonchev–Trinajstić information content (AvgIpc) is 2.84. The fourth-order valence-corrected chi connectivity index (χ4v) is 2.44. The van der Waals surface area contributed by atoms with Crippen LogP contribution >= 0.6 is 0 Å². The number of hydrogen-bond acceptors (Lipinski definition) is 3. The lowest BCUT2D eigenvalue weighted by Gasteiger charge is -2.21. The summed E-state index contributed by atoms with van der Waals surface area (Å²) in [5, 5.41) is 3.71. The van der Waals surface area contributed by atoms with Crippen LogP contribution in [-0.4, -0.2) is 40.6 Å². The molecule has 2 unspecified atom stereocenters. The van der Waals surface area contributed by atoms with Gasteiger partial charge in [0.05, 0.1) is 6.04 Å². The van der Waals surface area contributed by atoms with Crippen LogP contribution in [0, 0.1) is 0 Å². The summed E-state index contributed by atoms with van der Waals surface area (Å²) in [4.78, 5) is 6.81. The lowest BCUT2D eigenvalue weighted by molar-refractivity contribution is 0.371. The zero-order valence-corrected chi connectivity index (χ0v) is 10.5. The fraction of sp³-hybridized carbons (Fsp3) is 0.750. The van der Waals surface area contributed by atoms with Crippen molar-refractivity contribution in [2.45, 2.75) is 31.8 Å². The Hall–Kier alpha value is -0.870. The third-order valence-electron chi connectivity index (χ3n) is 3.41. The van der Waals surface area contributed by atoms with Crippen LogP contribution in [-0.2, 0) is 7.05 Å². The van der Waals surface area contributed by atoms with Crippen molar-refractivity contribution in [2.75, 3.05) is 20.1 Å². The summed E-state index contributed by atoms with van der Waals surface area (Å²) in [6.45, 7) is 4.57. The van der Waals surface area contributed by atoms with E-state index < -0.39 is 0 Å². The molecule has 16 heavy (non-hydrogen) atoms. The molecule has 2 rings (SSSR count). The number of likely N-dealkylation sites (tertiary alicyclic amines) is 1. The van der Waals surface area contributed by atoms with E-state index in [1.54, 1.807) is 0 Å². The Kier molecular flexibility index (Phi) is 3.61. The van der Waals surface area contributed by atoms with Crippen molar-refractivity contribution in [2.24, 2.45) is 7.05 Å². The van der Waals surface area contributed by atoms with Crippen molar-refractivity contribution in [3.05, 3.63) is 18.2 Å². The van der Waals surface area contributed by atoms with Crippen LogP contribution in [0.1, 0.15) is 31.6 Å². The second-order valence-corrected chi connectivity index (χ2v) is 4.77. The quantitative estimate of drug-likeness (QED) is 0.830. The normalized spacial score (nSPS) is 23.8. The van der Waals surface area contributed by atoms with Crippen molar-refractivity contribution in [1.82, 2.24) is 19.8 Å². The fourth-order valence-electron chi connectivity index (χ4n) is 2.44. The van der Waals surface area contributed by atoms with Gasteiger partial charge in [0, 0.05) is 32.0 Å². The summed E-state index contributed by atoms with van der Waals surface area (Å²) >= 11 is 0. The Balaban J connectivity index is 1.98. The predicted molar refractivity (Wildman–Crippen MR) is 65.3 cm³/mol. The average molecular weight is 222 g/mol. The summed E-state index contributed by atoms with van der Waals surface area (Å²) in [6, 6.07) is 1.00. The molecular formula is C12H22N4. The highest BCUT2D eigenvalue weighted by molar-refractivity contribution is 4.99. The van der Waals surface area contributed by atoms with Crippen molar-refractivity contribution in [3.8, 4) is 0 Å². The van der Waals surface area contributed by atoms with Crippen LogP contribution in [0.5, 0.6) is 0 Å². The van der Waals surface area contributed by atoms with E-state index in [0.717, 1.165) is 18.8 Å². The SMILES string of the molecule is CCC(NC1CCN(C)C1)c1nccn1C. The van der Waals surface area contributed by atoms with Crippen molar-refractivity contribution in [3.63, 3.8) is 0 Å². The number of nitrogens with zero attached hydrogens (tertiary/aromatic N) is 3. The van der Waals surface area contributed by atoms with Gasteiger partial charge in [0.1, 0.15) is 5.82 Å². The van der Waals surface area contributed by atoms with Gasteiger partial charge in [0.2, 0.25) is 0 Å². The molecular weight excluding hydrogens is 200 g/mol. The summed E-state index contributed by atoms with van der Waals surface area (Å²) in [6.07, 6.45) is 6.23. The van der Waals surface area contributed by atoms with Crippen LogP contribution in [0.4, 0.5) is 0 Å². The Morgan fingerprint density at radius 3 is 2.88 bits per heavy atom. The monoisotopic (exact) mass is 222 g/mol. The van der Waals surface area contributed by atoms with Crippen molar-refractivity contribution in [1.29, 1.82) is 0 Å². The van der Waals surface area contributed by atoms with E-state index in [1.165, 1.54) is 13.0 Å². The Labute approximate surface area is 97.7 Å². The van der Waals surface area contributed by atoms with Crippen molar-refractivity contribution >= 4 is 0 Å². The number of aromatic nitrogens is 2. The van der Waals surface area contributed by atoms with Gasteiger partial charge in [0.15, 0.2) is 0 Å². The van der Waals surface area contributed by atoms with Gasteiger partial charge in [-0.15, -0.1) is 0 Å². The minimum atomic E-state index is 0.386. The maximum atomic E-state index is 4.43. The van der Waals surface area contributed by atoms with Crippen LogP contribution in [0.2, 0.25) is 0 Å². The molecule has 0 aliphatic carbocycles. The third-order valence-corrected chi connectivity index (χ3v) is 3.41. The Morgan fingerprint density at radius 1 is 1.56 bits per heavy atom. The lowest BCUT2D eigenvalue weighted by Crippen LogP contribution is -2.35. The second kappa shape index (κ2) is 4.97. The first-order chi connectivity index (χ1) is 7.70. The third kappa shape index (κ3) is 2.44. The van der Waals surface area contributed by atoms with E-state index in [9.17, 15) is 0 Å². The van der Waals surface area contributed by atoms with Crippen molar-refractivity contribution < 1.29 is 0 Å². The topological polar surface area (TPSA) is 33.1 Å². The molecule has 0 amide bonds. The first kappa shape index (κ1) is 11.6. The number of likely N-dealkylation sites (N-methyl/N-ethyl adjacent to an activating group) is 1. The molecule has 2 heterocycles. The molecule has 0 saturated carbocycles. The molecule has 1 aliphatic heterocycles. The first-order valence-electron chi connectivity index (χ1n) is 6.12. The van der Waals surface area contributed by atoms with Crippen LogP contribution in [0.15, 0.2) is 12.4 Å². The predicted octanol–water partition coefficient (Wildman–Crippen LogP) is 1.16. The minimum Gasteiger partial charge on any atom is -0.337 e. The van der Waals surface area contributed by atoms with Gasteiger partial charge in [-0.05, 0) is 26.4 Å². The lowest BCUT2D eigenvalue weighted by atomic mass is 10.1. The molecule has 4 heteroatoms. The first-order valence-corrected chi connectivity index (χ1v) is 6.12. The van der Waals surface area contributed by atoms with Crippen LogP contribution in [0.3, 0.4) is 0 Å². The van der Waals surface area contributed by atoms with E-state index in [4.69, 9.17) is 0 Å². The molecule has 1 aliphatic rings. The summed E-state index contributed by atoms with van der Waals surface area (Å²) in [7, 11) is 4.25. The van der Waals surface area contributed by atoms with Gasteiger partial charge >= 0.3 is 0 Å². The Bertz CT molecular complexity index is 334. The minimum absolute atomic E-state index is 0.386. The molecule has 0 radical (unpaired) electrons. The molecule has 0 aromatic carbocycles. The molecule has 1 N–H and O–H groups in total. The highest BCUT2D eigenvalue weighted by Gasteiger charge is 2.23. The van der Waals surface area contributed by atoms with Crippen LogP contribution < -0.4 is 5.32 Å². The van der Waals surface area contributed by atoms with Gasteiger partial charge in [-0.2, -0.15) is 0 Å². The maximum Gasteiger partial charge on any atom is 0.125 e. The summed E-state index contributed by atoms with van der Waals surface area (Å²) in [5.74, 6) is 1.15. The highest BCUT2D eigenvalue weighted by Crippen LogP contribution is 2.17. The van der Waals surface area contributed by atoms with Gasteiger partial charge in [-0.3, -0.25) is 0 Å². The molecule has 1 saturated heterocycles. The highest BCUT2D eigenvalue weighted by atomic mass is 15.2. The Morgan fingerprint density at radius 2 is 2.38 bits per heavy atom. The standard InChI is InChI=1S/C12H22N4/c1-4-11(12-13-6-8-16(12)3)14-10-5-7-15(2)9-10/h6,8,10-11,14H,4-5,7,9H2,1-3H3. The van der Waals surface area contributed by atoms with E-state index in [-0.39, 0.29) is 0 Å². The molecule has 0 bridgehead atoms. The van der Waals surface area contributed by atoms with Crippen LogP contribution in [0.25, 0.3) is 0 Å². The number of aryl methyl sites for hydroxylation is 1. The van der Waals surface area contributed by atoms with E-state index >= 15 is 0 Å². The molecule has 1 fully saturated rings. The number of hydrogen-bond donors (Lipinski definition) is 1. The number of rotatable bonds is 4. The van der Waals surface area contributed by atoms with Gasteiger partial charge in [0.25, 0.3) is 0 Å². The van der Waals surface area contributed by atoms with E-state index in [0.29, 0.717) is 12.1 Å². The molecule has 2 atom stereocenters. The van der Waals surface area contributed by atoms with Gasteiger partial charge in [-0.25, -0.2) is 4.98 Å². The molecule has 90 valence electrons. The van der Waals surface area contributed by atoms with Gasteiger partial charge < -0.3 is 14.8 Å². The summed E-state index contributed by atoms with van der Waals surface area (Å²) in [5.41, 5.74) is 0.